The second-order valence-electron chi connectivity index (χ2n) is 5.18. The maximum Gasteiger partial charge on any atom is 0.315 e. The maximum atomic E-state index is 13.4. The fourth-order valence-corrected chi connectivity index (χ4v) is 1.65. The van der Waals surface area contributed by atoms with Crippen molar-refractivity contribution >= 4 is 12.0 Å². The van der Waals surface area contributed by atoms with Crippen LogP contribution in [0.15, 0.2) is 24.3 Å². The smallest absolute Gasteiger partial charge is 0.315 e. The van der Waals surface area contributed by atoms with E-state index in [2.05, 4.69) is 10.6 Å². The quantitative estimate of drug-likeness (QED) is 0.749. The Balaban J connectivity index is 2.43. The van der Waals surface area contributed by atoms with Gasteiger partial charge < -0.3 is 15.7 Å². The summed E-state index contributed by atoms with van der Waals surface area (Å²) in [4.78, 5) is 22.2. The van der Waals surface area contributed by atoms with E-state index in [1.807, 2.05) is 0 Å². The van der Waals surface area contributed by atoms with Crippen LogP contribution in [0.4, 0.5) is 9.18 Å². The van der Waals surface area contributed by atoms with Gasteiger partial charge in [-0.2, -0.15) is 0 Å². The molecule has 1 aromatic rings. The van der Waals surface area contributed by atoms with Crippen molar-refractivity contribution in [1.29, 1.82) is 0 Å². The highest BCUT2D eigenvalue weighted by Gasteiger charge is 2.21. The first-order chi connectivity index (χ1) is 9.30. The molecule has 0 aliphatic carbocycles. The van der Waals surface area contributed by atoms with Gasteiger partial charge in [-0.15, -0.1) is 0 Å². The Bertz CT molecular complexity index is 489. The summed E-state index contributed by atoms with van der Waals surface area (Å²) in [6, 6.07) is 5.73. The van der Waals surface area contributed by atoms with Crippen LogP contribution in [-0.2, 0) is 11.3 Å². The number of hydrogen-bond acceptors (Lipinski definition) is 2. The van der Waals surface area contributed by atoms with Crippen LogP contribution in [0.2, 0.25) is 0 Å². The van der Waals surface area contributed by atoms with E-state index in [0.717, 1.165) is 0 Å². The van der Waals surface area contributed by atoms with E-state index < -0.39 is 17.5 Å². The molecule has 3 N–H and O–H groups in total. The van der Waals surface area contributed by atoms with Crippen molar-refractivity contribution in [3.05, 3.63) is 35.6 Å². The van der Waals surface area contributed by atoms with E-state index in [-0.39, 0.29) is 18.8 Å². The summed E-state index contributed by atoms with van der Waals surface area (Å²) >= 11 is 0. The highest BCUT2D eigenvalue weighted by atomic mass is 19.1. The molecule has 2 amide bonds. The molecular weight excluding hydrogens is 263 g/mol. The fraction of sp³-hybridized carbons (Fsp3) is 0.429. The lowest BCUT2D eigenvalue weighted by molar-refractivity contribution is -0.137. The summed E-state index contributed by atoms with van der Waals surface area (Å²) in [5.74, 6) is -1.29. The van der Waals surface area contributed by atoms with E-state index >= 15 is 0 Å². The first-order valence-corrected chi connectivity index (χ1v) is 6.31. The standard InChI is InChI=1S/C14H19FN2O3/c1-14(2,8-7-12(18)19)17-13(20)16-9-10-5-3-4-6-11(10)15/h3-6H,7-9H2,1-2H3,(H,18,19)(H2,16,17,20). The monoisotopic (exact) mass is 282 g/mol. The summed E-state index contributed by atoms with van der Waals surface area (Å²) in [7, 11) is 0. The van der Waals surface area contributed by atoms with Crippen LogP contribution in [0.3, 0.4) is 0 Å². The van der Waals surface area contributed by atoms with Gasteiger partial charge >= 0.3 is 12.0 Å². The molecule has 1 rings (SSSR count). The van der Waals surface area contributed by atoms with Gasteiger partial charge in [-0.25, -0.2) is 9.18 Å². The maximum absolute atomic E-state index is 13.4. The SMILES string of the molecule is CC(C)(CCC(=O)O)NC(=O)NCc1ccccc1F. The third-order valence-electron chi connectivity index (χ3n) is 2.81. The van der Waals surface area contributed by atoms with Gasteiger partial charge in [-0.1, -0.05) is 18.2 Å². The minimum absolute atomic E-state index is 0.0272. The van der Waals surface area contributed by atoms with Crippen LogP contribution in [0.25, 0.3) is 0 Å². The molecule has 0 aliphatic rings. The van der Waals surface area contributed by atoms with Crippen molar-refractivity contribution in [2.75, 3.05) is 0 Å². The predicted octanol–water partition coefficient (Wildman–Crippen LogP) is 2.27. The Labute approximate surface area is 117 Å². The fourth-order valence-electron chi connectivity index (χ4n) is 1.65. The number of carbonyl (C=O) groups excluding carboxylic acids is 1. The van der Waals surface area contributed by atoms with Crippen LogP contribution >= 0.6 is 0 Å². The molecule has 0 heterocycles. The lowest BCUT2D eigenvalue weighted by atomic mass is 9.99. The molecular formula is C14H19FN2O3. The number of benzene rings is 1. The van der Waals surface area contributed by atoms with Crippen molar-refractivity contribution in [1.82, 2.24) is 10.6 Å². The molecule has 0 aliphatic heterocycles. The Morgan fingerprint density at radius 3 is 2.55 bits per heavy atom. The van der Waals surface area contributed by atoms with Gasteiger partial charge in [0.1, 0.15) is 5.82 Å². The topological polar surface area (TPSA) is 78.4 Å². The van der Waals surface area contributed by atoms with Gasteiger partial charge in [-0.05, 0) is 26.3 Å². The lowest BCUT2D eigenvalue weighted by Gasteiger charge is -2.25. The summed E-state index contributed by atoms with van der Waals surface area (Å²) in [6.07, 6.45) is 0.288. The Morgan fingerprint density at radius 2 is 1.95 bits per heavy atom. The molecule has 1 aromatic carbocycles. The van der Waals surface area contributed by atoms with Gasteiger partial charge in [0.05, 0.1) is 0 Å². The number of aliphatic carboxylic acids is 1. The van der Waals surface area contributed by atoms with E-state index in [1.165, 1.54) is 6.07 Å². The molecule has 0 aromatic heterocycles. The van der Waals surface area contributed by atoms with Crippen molar-refractivity contribution in [2.24, 2.45) is 0 Å². The number of urea groups is 1. The molecule has 110 valence electrons. The molecule has 20 heavy (non-hydrogen) atoms. The van der Waals surface area contributed by atoms with Crippen LogP contribution < -0.4 is 10.6 Å². The number of hydrogen-bond donors (Lipinski definition) is 3. The van der Waals surface area contributed by atoms with Gasteiger partial charge in [-0.3, -0.25) is 4.79 Å². The van der Waals surface area contributed by atoms with Crippen molar-refractivity contribution in [3.8, 4) is 0 Å². The summed E-state index contributed by atoms with van der Waals surface area (Å²) in [6.45, 7) is 3.55. The normalized spacial score (nSPS) is 10.9. The number of amides is 2. The van der Waals surface area contributed by atoms with Crippen LogP contribution in [0.5, 0.6) is 0 Å². The van der Waals surface area contributed by atoms with Crippen molar-refractivity contribution in [2.45, 2.75) is 38.8 Å². The molecule has 0 saturated carbocycles. The van der Waals surface area contributed by atoms with E-state index in [1.54, 1.807) is 32.0 Å². The zero-order valence-corrected chi connectivity index (χ0v) is 11.6. The van der Waals surface area contributed by atoms with Crippen molar-refractivity contribution in [3.63, 3.8) is 0 Å². The Morgan fingerprint density at radius 1 is 1.30 bits per heavy atom. The minimum Gasteiger partial charge on any atom is -0.481 e. The van der Waals surface area contributed by atoms with Crippen LogP contribution in [0.1, 0.15) is 32.3 Å². The van der Waals surface area contributed by atoms with E-state index in [4.69, 9.17) is 5.11 Å². The highest BCUT2D eigenvalue weighted by Crippen LogP contribution is 2.11. The molecule has 0 radical (unpaired) electrons. The minimum atomic E-state index is -0.911. The molecule has 0 spiro atoms. The number of carboxylic acids is 1. The number of nitrogens with one attached hydrogen (secondary N) is 2. The summed E-state index contributed by atoms with van der Waals surface area (Å²) in [5.41, 5.74) is -0.247. The third-order valence-corrected chi connectivity index (χ3v) is 2.81. The van der Waals surface area contributed by atoms with Crippen LogP contribution in [0, 0.1) is 5.82 Å². The number of halogens is 1. The molecule has 0 saturated heterocycles. The first kappa shape index (κ1) is 15.9. The molecule has 6 heteroatoms. The predicted molar refractivity (Wildman–Crippen MR) is 72.7 cm³/mol. The molecule has 0 atom stereocenters. The molecule has 0 fully saturated rings. The third kappa shape index (κ3) is 5.69. The van der Waals surface area contributed by atoms with Gasteiger partial charge in [0.2, 0.25) is 0 Å². The number of carbonyl (C=O) groups is 2. The highest BCUT2D eigenvalue weighted by molar-refractivity contribution is 5.75. The largest absolute Gasteiger partial charge is 0.481 e. The number of carboxylic acid groups (broad SMARTS) is 1. The summed E-state index contributed by atoms with van der Waals surface area (Å²) < 4.78 is 13.4. The second kappa shape index (κ2) is 6.88. The van der Waals surface area contributed by atoms with Crippen molar-refractivity contribution < 1.29 is 19.1 Å². The lowest BCUT2D eigenvalue weighted by Crippen LogP contribution is -2.48. The number of rotatable bonds is 6. The first-order valence-electron chi connectivity index (χ1n) is 6.31. The second-order valence-corrected chi connectivity index (χ2v) is 5.18. The average Bonchev–Trinajstić information content (AvgIpc) is 2.35. The Hall–Kier alpha value is -2.11. The Kier molecular flexibility index (Phi) is 5.49. The molecule has 0 bridgehead atoms. The average molecular weight is 282 g/mol. The molecule has 5 nitrogen and oxygen atoms in total. The van der Waals surface area contributed by atoms with E-state index in [0.29, 0.717) is 12.0 Å². The summed E-state index contributed by atoms with van der Waals surface area (Å²) in [5, 5.41) is 13.8. The van der Waals surface area contributed by atoms with E-state index in [9.17, 15) is 14.0 Å². The molecule has 0 unspecified atom stereocenters. The van der Waals surface area contributed by atoms with Gasteiger partial charge in [0.15, 0.2) is 0 Å². The zero-order chi connectivity index (χ0) is 15.2. The zero-order valence-electron chi connectivity index (χ0n) is 11.6. The van der Waals surface area contributed by atoms with Gasteiger partial charge in [0, 0.05) is 24.1 Å². The van der Waals surface area contributed by atoms with Crippen LogP contribution in [-0.4, -0.2) is 22.6 Å². The van der Waals surface area contributed by atoms with Gasteiger partial charge in [0.25, 0.3) is 0 Å².